The van der Waals surface area contributed by atoms with E-state index in [0.29, 0.717) is 35.4 Å². The second kappa shape index (κ2) is 8.25. The van der Waals surface area contributed by atoms with Crippen LogP contribution in [0.2, 0.25) is 0 Å². The first kappa shape index (κ1) is 19.8. The van der Waals surface area contributed by atoms with Gasteiger partial charge in [-0.3, -0.25) is 4.98 Å². The van der Waals surface area contributed by atoms with E-state index in [4.69, 9.17) is 14.4 Å². The molecule has 1 aromatic carbocycles. The van der Waals surface area contributed by atoms with Crippen molar-refractivity contribution in [1.29, 1.82) is 0 Å². The minimum Gasteiger partial charge on any atom is -0.471 e. The molecule has 1 aliphatic rings. The average molecular weight is 441 g/mol. The van der Waals surface area contributed by atoms with Crippen molar-refractivity contribution in [3.63, 3.8) is 0 Å². The highest BCUT2D eigenvalue weighted by molar-refractivity contribution is 5.96. The molecule has 1 fully saturated rings. The molecule has 0 radical (unpaired) electrons. The van der Waals surface area contributed by atoms with Crippen molar-refractivity contribution in [1.82, 2.24) is 34.9 Å². The molecule has 0 atom stereocenters. The molecule has 0 bridgehead atoms. The van der Waals surface area contributed by atoms with Crippen LogP contribution in [0.1, 0.15) is 23.4 Å². The third kappa shape index (κ3) is 3.80. The van der Waals surface area contributed by atoms with E-state index in [0.717, 1.165) is 35.0 Å². The number of fused-ring (bicyclic) bond motifs is 3. The first-order valence-corrected chi connectivity index (χ1v) is 11.1. The minimum atomic E-state index is 0.364. The van der Waals surface area contributed by atoms with Crippen LogP contribution in [0, 0.1) is 6.92 Å². The molecule has 0 unspecified atom stereocenters. The summed E-state index contributed by atoms with van der Waals surface area (Å²) in [6, 6.07) is 13.8. The summed E-state index contributed by atoms with van der Waals surface area (Å²) in [4.78, 5) is 7.06. The maximum Gasteiger partial charge on any atom is 0.240 e. The molecule has 1 aliphatic heterocycles. The largest absolute Gasteiger partial charge is 0.471 e. The van der Waals surface area contributed by atoms with E-state index in [1.165, 1.54) is 19.5 Å². The maximum absolute atomic E-state index is 6.16. The number of hydrogen-bond donors (Lipinski definition) is 0. The van der Waals surface area contributed by atoms with E-state index >= 15 is 0 Å². The Balaban J connectivity index is 1.27. The molecule has 1 saturated heterocycles. The van der Waals surface area contributed by atoms with Crippen molar-refractivity contribution in [3.05, 3.63) is 65.7 Å². The van der Waals surface area contributed by atoms with Crippen molar-refractivity contribution < 1.29 is 9.26 Å². The Morgan fingerprint density at radius 3 is 2.67 bits per heavy atom. The summed E-state index contributed by atoms with van der Waals surface area (Å²) in [5.74, 6) is 1.70. The lowest BCUT2D eigenvalue weighted by Gasteiger charge is -2.30. The molecule has 0 N–H and O–H groups in total. The number of likely N-dealkylation sites (tertiary alicyclic amines) is 1. The Kier molecular flexibility index (Phi) is 4.95. The lowest BCUT2D eigenvalue weighted by molar-refractivity contribution is 0.183. The van der Waals surface area contributed by atoms with Crippen LogP contribution >= 0.6 is 0 Å². The van der Waals surface area contributed by atoms with Gasteiger partial charge in [-0.15, -0.1) is 15.3 Å². The van der Waals surface area contributed by atoms with Crippen LogP contribution in [0.3, 0.4) is 0 Å². The standard InChI is InChI=1S/C24H23N7O2/c1-16-13-21(29-33-16)23-27-26-22-19-5-2-3-6-20(19)24(28-31(22)23)32-15-17-7-8-18(25-14-17)9-12-30-10-4-11-30/h2-3,5-8,13-14H,4,9-12,15H2,1H3. The number of hydrogen-bond acceptors (Lipinski definition) is 8. The molecule has 0 saturated carbocycles. The second-order valence-corrected chi connectivity index (χ2v) is 8.32. The Morgan fingerprint density at radius 2 is 1.94 bits per heavy atom. The highest BCUT2D eigenvalue weighted by Crippen LogP contribution is 2.29. The van der Waals surface area contributed by atoms with Crippen molar-refractivity contribution in [2.75, 3.05) is 19.6 Å². The predicted molar refractivity (Wildman–Crippen MR) is 122 cm³/mol. The van der Waals surface area contributed by atoms with E-state index in [2.05, 4.69) is 37.4 Å². The fraction of sp³-hybridized carbons (Fsp3) is 0.292. The second-order valence-electron chi connectivity index (χ2n) is 8.32. The number of aryl methyl sites for hydroxylation is 1. The summed E-state index contributed by atoms with van der Waals surface area (Å²) in [6.07, 6.45) is 4.17. The number of benzene rings is 1. The van der Waals surface area contributed by atoms with Crippen molar-refractivity contribution >= 4 is 16.4 Å². The summed E-state index contributed by atoms with van der Waals surface area (Å²) in [5.41, 5.74) is 3.31. The molecule has 0 spiro atoms. The third-order valence-electron chi connectivity index (χ3n) is 5.98. The normalized spacial score (nSPS) is 14.1. The van der Waals surface area contributed by atoms with Crippen LogP contribution in [0.25, 0.3) is 27.9 Å². The molecule has 9 heteroatoms. The summed E-state index contributed by atoms with van der Waals surface area (Å²) >= 11 is 0. The monoisotopic (exact) mass is 441 g/mol. The van der Waals surface area contributed by atoms with Crippen LogP contribution in [0.15, 0.2) is 53.2 Å². The zero-order chi connectivity index (χ0) is 22.2. The van der Waals surface area contributed by atoms with Gasteiger partial charge in [0.1, 0.15) is 12.4 Å². The molecule has 33 heavy (non-hydrogen) atoms. The number of nitrogens with zero attached hydrogens (tertiary/aromatic N) is 7. The molecular weight excluding hydrogens is 418 g/mol. The lowest BCUT2D eigenvalue weighted by Crippen LogP contribution is -2.38. The molecule has 0 amide bonds. The van der Waals surface area contributed by atoms with E-state index in [1.807, 2.05) is 43.5 Å². The predicted octanol–water partition coefficient (Wildman–Crippen LogP) is 3.46. The van der Waals surface area contributed by atoms with Gasteiger partial charge in [0.25, 0.3) is 0 Å². The first-order chi connectivity index (χ1) is 16.2. The van der Waals surface area contributed by atoms with Crippen LogP contribution in [-0.4, -0.2) is 54.5 Å². The highest BCUT2D eigenvalue weighted by Gasteiger charge is 2.18. The van der Waals surface area contributed by atoms with Gasteiger partial charge in [-0.25, -0.2) is 0 Å². The molecular formula is C24H23N7O2. The van der Waals surface area contributed by atoms with Gasteiger partial charge in [-0.05, 0) is 38.6 Å². The smallest absolute Gasteiger partial charge is 0.240 e. The van der Waals surface area contributed by atoms with Gasteiger partial charge in [0.15, 0.2) is 11.3 Å². The number of aromatic nitrogens is 6. The highest BCUT2D eigenvalue weighted by atomic mass is 16.5. The van der Waals surface area contributed by atoms with Gasteiger partial charge in [0, 0.05) is 47.3 Å². The van der Waals surface area contributed by atoms with Gasteiger partial charge < -0.3 is 14.2 Å². The number of rotatable bonds is 7. The zero-order valence-corrected chi connectivity index (χ0v) is 18.3. The Bertz CT molecular complexity index is 1420. The summed E-state index contributed by atoms with van der Waals surface area (Å²) in [7, 11) is 0. The SMILES string of the molecule is Cc1cc(-c2nnc3c4ccccc4c(OCc4ccc(CCN5CCC5)nc4)nn23)no1. The summed E-state index contributed by atoms with van der Waals surface area (Å²) in [5, 5.41) is 19.2. The van der Waals surface area contributed by atoms with Gasteiger partial charge in [0.05, 0.1) is 0 Å². The zero-order valence-electron chi connectivity index (χ0n) is 18.3. The van der Waals surface area contributed by atoms with Gasteiger partial charge in [-0.2, -0.15) is 4.52 Å². The fourth-order valence-corrected chi connectivity index (χ4v) is 4.01. The molecule has 6 rings (SSSR count). The maximum atomic E-state index is 6.16. The van der Waals surface area contributed by atoms with Crippen molar-refractivity contribution in [2.24, 2.45) is 0 Å². The van der Waals surface area contributed by atoms with Crippen LogP contribution in [0.4, 0.5) is 0 Å². The fourth-order valence-electron chi connectivity index (χ4n) is 4.01. The Hall–Kier alpha value is -3.85. The van der Waals surface area contributed by atoms with Gasteiger partial charge >= 0.3 is 0 Å². The lowest BCUT2D eigenvalue weighted by atomic mass is 10.1. The molecule has 166 valence electrons. The molecule has 5 aromatic rings. The van der Waals surface area contributed by atoms with Crippen LogP contribution in [0.5, 0.6) is 5.88 Å². The average Bonchev–Trinajstić information content (AvgIpc) is 3.43. The van der Waals surface area contributed by atoms with Crippen molar-refractivity contribution in [3.8, 4) is 17.4 Å². The Labute approximate surface area is 190 Å². The number of pyridine rings is 1. The molecule has 5 heterocycles. The van der Waals surface area contributed by atoms with E-state index in [1.54, 1.807) is 4.52 Å². The van der Waals surface area contributed by atoms with Gasteiger partial charge in [0.2, 0.25) is 11.7 Å². The van der Waals surface area contributed by atoms with Crippen molar-refractivity contribution in [2.45, 2.75) is 26.4 Å². The molecule has 9 nitrogen and oxygen atoms in total. The molecule has 4 aromatic heterocycles. The van der Waals surface area contributed by atoms with E-state index in [9.17, 15) is 0 Å². The minimum absolute atomic E-state index is 0.364. The molecule has 0 aliphatic carbocycles. The summed E-state index contributed by atoms with van der Waals surface area (Å²) in [6.45, 7) is 5.69. The topological polar surface area (TPSA) is 94.5 Å². The van der Waals surface area contributed by atoms with E-state index < -0.39 is 0 Å². The summed E-state index contributed by atoms with van der Waals surface area (Å²) < 4.78 is 13.0. The van der Waals surface area contributed by atoms with Gasteiger partial charge in [-0.1, -0.05) is 29.4 Å². The Morgan fingerprint density at radius 1 is 1.06 bits per heavy atom. The van der Waals surface area contributed by atoms with E-state index in [-0.39, 0.29) is 0 Å². The number of ether oxygens (including phenoxy) is 1. The quantitative estimate of drug-likeness (QED) is 0.379. The first-order valence-electron chi connectivity index (χ1n) is 11.1. The van der Waals surface area contributed by atoms with Crippen LogP contribution < -0.4 is 4.74 Å². The van der Waals surface area contributed by atoms with Crippen LogP contribution in [-0.2, 0) is 13.0 Å². The third-order valence-corrected chi connectivity index (χ3v) is 5.98.